The fourth-order valence-electron chi connectivity index (χ4n) is 2.51. The topological polar surface area (TPSA) is 93.8 Å². The van der Waals surface area contributed by atoms with E-state index >= 15 is 0 Å². The first-order valence-corrected chi connectivity index (χ1v) is 10.1. The second kappa shape index (κ2) is 7.73. The van der Waals surface area contributed by atoms with E-state index in [-0.39, 0.29) is 22.0 Å². The number of nitrogens with two attached hydrogens (primary N) is 1. The summed E-state index contributed by atoms with van der Waals surface area (Å²) in [6.07, 6.45) is 1.61. The van der Waals surface area contributed by atoms with Gasteiger partial charge in [-0.1, -0.05) is 35.3 Å². The van der Waals surface area contributed by atoms with E-state index in [1.165, 1.54) is 18.2 Å². The highest BCUT2D eigenvalue weighted by molar-refractivity contribution is 7.92. The lowest BCUT2D eigenvalue weighted by molar-refractivity contribution is 0.308. The fraction of sp³-hybridized carbons (Fsp3) is 0.235. The Morgan fingerprint density at radius 2 is 1.88 bits per heavy atom. The summed E-state index contributed by atoms with van der Waals surface area (Å²) in [7, 11) is -3.74. The Balaban J connectivity index is 1.63. The number of aryl methyl sites for hydroxylation is 1. The van der Waals surface area contributed by atoms with Gasteiger partial charge in [0.25, 0.3) is 16.0 Å². The van der Waals surface area contributed by atoms with E-state index in [2.05, 4.69) is 9.71 Å². The number of hydrogen-bond acceptors (Lipinski definition) is 5. The van der Waals surface area contributed by atoms with Gasteiger partial charge in [-0.05, 0) is 48.7 Å². The second-order valence-corrected chi connectivity index (χ2v) is 8.35. The molecule has 3 rings (SSSR count). The molecular formula is C17H17Cl2N3O3S. The molecule has 2 aromatic carbocycles. The highest BCUT2D eigenvalue weighted by Crippen LogP contribution is 2.26. The monoisotopic (exact) mass is 413 g/mol. The number of halogens is 2. The van der Waals surface area contributed by atoms with Crippen LogP contribution in [0.5, 0.6) is 0 Å². The van der Waals surface area contributed by atoms with Crippen LogP contribution in [0.2, 0.25) is 10.0 Å². The molecule has 0 aromatic heterocycles. The van der Waals surface area contributed by atoms with E-state index in [9.17, 15) is 8.42 Å². The molecule has 1 atom stereocenters. The first-order chi connectivity index (χ1) is 12.3. The maximum absolute atomic E-state index is 12.4. The minimum atomic E-state index is -3.74. The first-order valence-electron chi connectivity index (χ1n) is 7.86. The number of hydrogen-bond donors (Lipinski definition) is 2. The molecule has 0 unspecified atom stereocenters. The molecule has 0 aliphatic carbocycles. The molecule has 26 heavy (non-hydrogen) atoms. The number of amidine groups is 1. The Hall–Kier alpha value is -1.96. The number of ether oxygens (including phenoxy) is 1. The summed E-state index contributed by atoms with van der Waals surface area (Å²) < 4.78 is 32.5. The van der Waals surface area contributed by atoms with Gasteiger partial charge >= 0.3 is 0 Å². The van der Waals surface area contributed by atoms with Crippen molar-refractivity contribution in [2.75, 3.05) is 11.3 Å². The molecule has 0 saturated carbocycles. The normalized spacial score (nSPS) is 16.8. The van der Waals surface area contributed by atoms with Gasteiger partial charge in [0.1, 0.15) is 6.61 Å². The van der Waals surface area contributed by atoms with Gasteiger partial charge in [0.15, 0.2) is 0 Å². The van der Waals surface area contributed by atoms with Gasteiger partial charge in [0.05, 0.1) is 21.0 Å². The molecule has 0 amide bonds. The van der Waals surface area contributed by atoms with E-state index < -0.39 is 10.0 Å². The maximum Gasteiger partial charge on any atom is 0.282 e. The van der Waals surface area contributed by atoms with Crippen molar-refractivity contribution in [1.29, 1.82) is 0 Å². The smallest absolute Gasteiger partial charge is 0.282 e. The molecule has 6 nitrogen and oxygen atoms in total. The third-order valence-electron chi connectivity index (χ3n) is 3.91. The Bertz CT molecular complexity index is 931. The molecule has 0 spiro atoms. The number of nitrogens with zero attached hydrogens (tertiary/aromatic N) is 1. The average molecular weight is 414 g/mol. The molecular weight excluding hydrogens is 397 g/mol. The van der Waals surface area contributed by atoms with Gasteiger partial charge in [0.2, 0.25) is 0 Å². The summed E-state index contributed by atoms with van der Waals surface area (Å²) in [5, 5.41) is 0.484. The summed E-state index contributed by atoms with van der Waals surface area (Å²) in [6.45, 7) is 0.507. The quantitative estimate of drug-likeness (QED) is 0.757. The van der Waals surface area contributed by atoms with Crippen molar-refractivity contribution in [3.8, 4) is 0 Å². The highest BCUT2D eigenvalue weighted by atomic mass is 35.5. The molecule has 0 fully saturated rings. The van der Waals surface area contributed by atoms with Crippen LogP contribution in [0.3, 0.4) is 0 Å². The predicted molar refractivity (Wildman–Crippen MR) is 103 cm³/mol. The summed E-state index contributed by atoms with van der Waals surface area (Å²) in [5.41, 5.74) is 7.02. The highest BCUT2D eigenvalue weighted by Gasteiger charge is 2.17. The Kier molecular flexibility index (Phi) is 5.60. The van der Waals surface area contributed by atoms with Gasteiger partial charge in [-0.25, -0.2) is 13.4 Å². The van der Waals surface area contributed by atoms with Crippen LogP contribution in [0.25, 0.3) is 0 Å². The van der Waals surface area contributed by atoms with Crippen LogP contribution < -0.4 is 10.5 Å². The lowest BCUT2D eigenvalue weighted by Gasteiger charge is -2.10. The van der Waals surface area contributed by atoms with Crippen molar-refractivity contribution < 1.29 is 13.2 Å². The second-order valence-electron chi connectivity index (χ2n) is 5.85. The van der Waals surface area contributed by atoms with Gasteiger partial charge < -0.3 is 10.5 Å². The molecule has 0 saturated heterocycles. The van der Waals surface area contributed by atoms with Crippen LogP contribution in [0.4, 0.5) is 5.69 Å². The number of benzene rings is 2. The SMILES string of the molecule is NC1=N[C@@H](CCc2ccc(NS(=O)(=O)c3ccc(Cl)c(Cl)c3)cc2)CO1. The molecule has 138 valence electrons. The van der Waals surface area contributed by atoms with Crippen LogP contribution >= 0.6 is 23.2 Å². The molecule has 1 aliphatic rings. The zero-order valence-corrected chi connectivity index (χ0v) is 16.0. The number of sulfonamides is 1. The Morgan fingerprint density at radius 1 is 1.15 bits per heavy atom. The molecule has 3 N–H and O–H groups in total. The van der Waals surface area contributed by atoms with Crippen LogP contribution in [0.1, 0.15) is 12.0 Å². The van der Waals surface area contributed by atoms with E-state index in [0.717, 1.165) is 18.4 Å². The van der Waals surface area contributed by atoms with Crippen LogP contribution in [0.15, 0.2) is 52.4 Å². The lowest BCUT2D eigenvalue weighted by atomic mass is 10.1. The molecule has 2 aromatic rings. The molecule has 1 heterocycles. The summed E-state index contributed by atoms with van der Waals surface area (Å²) in [4.78, 5) is 4.23. The van der Waals surface area contributed by atoms with Crippen molar-refractivity contribution in [2.24, 2.45) is 10.7 Å². The number of aliphatic imine (C=N–C) groups is 1. The van der Waals surface area contributed by atoms with Gasteiger partial charge in [-0.3, -0.25) is 4.72 Å². The molecule has 9 heteroatoms. The van der Waals surface area contributed by atoms with Crippen molar-refractivity contribution in [1.82, 2.24) is 0 Å². The van der Waals surface area contributed by atoms with E-state index in [4.69, 9.17) is 33.7 Å². The zero-order chi connectivity index (χ0) is 18.7. The first kappa shape index (κ1) is 18.8. The number of anilines is 1. The minimum Gasteiger partial charge on any atom is -0.463 e. The summed E-state index contributed by atoms with van der Waals surface area (Å²) in [5.74, 6) is 0. The zero-order valence-electron chi connectivity index (χ0n) is 13.7. The summed E-state index contributed by atoms with van der Waals surface area (Å²) >= 11 is 11.7. The lowest BCUT2D eigenvalue weighted by Crippen LogP contribution is -2.13. The van der Waals surface area contributed by atoms with Crippen molar-refractivity contribution >= 4 is 44.9 Å². The molecule has 0 bridgehead atoms. The van der Waals surface area contributed by atoms with Gasteiger partial charge in [-0.2, -0.15) is 0 Å². The van der Waals surface area contributed by atoms with Crippen molar-refractivity contribution in [2.45, 2.75) is 23.8 Å². The summed E-state index contributed by atoms with van der Waals surface area (Å²) in [6, 6.07) is 11.6. The average Bonchev–Trinajstić information content (AvgIpc) is 3.02. The van der Waals surface area contributed by atoms with E-state index in [0.29, 0.717) is 17.3 Å². The van der Waals surface area contributed by atoms with E-state index in [1.54, 1.807) is 12.1 Å². The van der Waals surface area contributed by atoms with Crippen LogP contribution in [-0.4, -0.2) is 27.1 Å². The van der Waals surface area contributed by atoms with Gasteiger partial charge in [-0.15, -0.1) is 0 Å². The van der Waals surface area contributed by atoms with Crippen molar-refractivity contribution in [3.63, 3.8) is 0 Å². The largest absolute Gasteiger partial charge is 0.463 e. The van der Waals surface area contributed by atoms with Gasteiger partial charge in [0, 0.05) is 5.69 Å². The Labute approximate surface area is 162 Å². The van der Waals surface area contributed by atoms with Crippen molar-refractivity contribution in [3.05, 3.63) is 58.1 Å². The third kappa shape index (κ3) is 4.60. The standard InChI is InChI=1S/C17H17Cl2N3O3S/c18-15-8-7-14(9-16(15)19)26(23,24)22-12-4-1-11(2-5-12)3-6-13-10-25-17(20)21-13/h1-2,4-5,7-9,13,22H,3,6,10H2,(H2,20,21)/t13-/m0/s1. The van der Waals surface area contributed by atoms with Crippen LogP contribution in [0, 0.1) is 0 Å². The fourth-order valence-corrected chi connectivity index (χ4v) is 3.96. The number of nitrogens with one attached hydrogen (secondary N) is 1. The number of rotatable bonds is 6. The predicted octanol–water partition coefficient (Wildman–Crippen LogP) is 3.44. The maximum atomic E-state index is 12.4. The Morgan fingerprint density at radius 3 is 2.50 bits per heavy atom. The molecule has 1 aliphatic heterocycles. The van der Waals surface area contributed by atoms with Crippen LogP contribution in [-0.2, 0) is 21.2 Å². The third-order valence-corrected chi connectivity index (χ3v) is 6.03. The van der Waals surface area contributed by atoms with E-state index in [1.807, 2.05) is 12.1 Å². The molecule has 0 radical (unpaired) electrons. The minimum absolute atomic E-state index is 0.0488.